The van der Waals surface area contributed by atoms with Crippen LogP contribution >= 0.6 is 0 Å². The van der Waals surface area contributed by atoms with Gasteiger partial charge in [-0.2, -0.15) is 13.2 Å². The topological polar surface area (TPSA) is 73.6 Å². The van der Waals surface area contributed by atoms with Crippen LogP contribution in [0.25, 0.3) is 0 Å². The van der Waals surface area contributed by atoms with Gasteiger partial charge in [0.15, 0.2) is 5.76 Å². The second kappa shape index (κ2) is 6.75. The van der Waals surface area contributed by atoms with E-state index in [1.165, 1.54) is 13.2 Å². The Morgan fingerprint density at radius 2 is 2.16 bits per heavy atom. The zero-order chi connectivity index (χ0) is 18.0. The maximum absolute atomic E-state index is 13.3. The third kappa shape index (κ3) is 3.60. The van der Waals surface area contributed by atoms with Crippen LogP contribution in [0.2, 0.25) is 0 Å². The first kappa shape index (κ1) is 17.3. The van der Waals surface area contributed by atoms with E-state index in [1.54, 1.807) is 18.2 Å². The Hall–Kier alpha value is -2.55. The van der Waals surface area contributed by atoms with E-state index in [0.717, 1.165) is 6.20 Å². The number of aromatic nitrogens is 1. The molecular formula is C16H15F3N2O4. The Bertz CT molecular complexity index is 760. The standard InChI is InChI=1S/C16H15F3N2O4/c1-23-15(22)10-7-21-25-13(10)8-20-11-6-9-4-2-3-5-12(9)24-14(11)16(17,18)19/h2-5,7,11,14,20H,6,8H2,1H3/t11-,14-/m1/s1. The molecule has 1 aromatic carbocycles. The molecule has 9 heteroatoms. The normalized spacial score (nSPS) is 19.8. The van der Waals surface area contributed by atoms with Crippen LogP contribution in [0.5, 0.6) is 5.75 Å². The average Bonchev–Trinajstić information content (AvgIpc) is 3.06. The lowest BCUT2D eigenvalue weighted by molar-refractivity contribution is -0.206. The molecule has 0 spiro atoms. The lowest BCUT2D eigenvalue weighted by Crippen LogP contribution is -2.54. The van der Waals surface area contributed by atoms with E-state index >= 15 is 0 Å². The molecule has 0 saturated heterocycles. The van der Waals surface area contributed by atoms with Gasteiger partial charge in [-0.3, -0.25) is 0 Å². The Balaban J connectivity index is 1.78. The highest BCUT2D eigenvalue weighted by Crippen LogP contribution is 2.35. The minimum absolute atomic E-state index is 0.0655. The number of ether oxygens (including phenoxy) is 2. The first-order valence-corrected chi connectivity index (χ1v) is 7.46. The summed E-state index contributed by atoms with van der Waals surface area (Å²) in [4.78, 5) is 11.6. The largest absolute Gasteiger partial charge is 0.479 e. The number of hydrogen-bond donors (Lipinski definition) is 1. The predicted molar refractivity (Wildman–Crippen MR) is 79.1 cm³/mol. The summed E-state index contributed by atoms with van der Waals surface area (Å²) in [5.41, 5.74) is 0.738. The molecular weight excluding hydrogens is 341 g/mol. The van der Waals surface area contributed by atoms with Gasteiger partial charge in [0.1, 0.15) is 11.3 Å². The number of carbonyl (C=O) groups is 1. The van der Waals surface area contributed by atoms with E-state index in [9.17, 15) is 18.0 Å². The SMILES string of the molecule is COC(=O)c1cnoc1CN[C@@H]1Cc2ccccc2O[C@H]1C(F)(F)F. The van der Waals surface area contributed by atoms with Gasteiger partial charge >= 0.3 is 12.1 Å². The van der Waals surface area contributed by atoms with Crippen molar-refractivity contribution in [1.82, 2.24) is 10.5 Å². The van der Waals surface area contributed by atoms with Gasteiger partial charge in [-0.1, -0.05) is 23.4 Å². The summed E-state index contributed by atoms with van der Waals surface area (Å²) in [6.07, 6.45) is -5.26. The van der Waals surface area contributed by atoms with Gasteiger partial charge < -0.3 is 19.3 Å². The highest BCUT2D eigenvalue weighted by atomic mass is 19.4. The third-order valence-electron chi connectivity index (χ3n) is 3.93. The number of para-hydroxylation sites is 1. The molecule has 0 saturated carbocycles. The molecule has 0 unspecified atom stereocenters. The number of carbonyl (C=O) groups excluding carboxylic acids is 1. The number of nitrogens with zero attached hydrogens (tertiary/aromatic N) is 1. The summed E-state index contributed by atoms with van der Waals surface area (Å²) in [5, 5.41) is 6.24. The van der Waals surface area contributed by atoms with Crippen LogP contribution in [0.3, 0.4) is 0 Å². The van der Waals surface area contributed by atoms with Crippen LogP contribution in [-0.2, 0) is 17.7 Å². The van der Waals surface area contributed by atoms with E-state index < -0.39 is 24.3 Å². The molecule has 2 aromatic rings. The maximum atomic E-state index is 13.3. The lowest BCUT2D eigenvalue weighted by atomic mass is 9.96. The van der Waals surface area contributed by atoms with Crippen LogP contribution in [0.1, 0.15) is 21.7 Å². The van der Waals surface area contributed by atoms with Crippen LogP contribution in [0.4, 0.5) is 13.2 Å². The Morgan fingerprint density at radius 1 is 1.40 bits per heavy atom. The molecule has 134 valence electrons. The summed E-state index contributed by atoms with van der Waals surface area (Å²) in [6.45, 7) is -0.118. The summed E-state index contributed by atoms with van der Waals surface area (Å²) in [6, 6.07) is 5.54. The highest BCUT2D eigenvalue weighted by molar-refractivity contribution is 5.89. The van der Waals surface area contributed by atoms with Crippen molar-refractivity contribution in [2.24, 2.45) is 0 Å². The van der Waals surface area contributed by atoms with Gasteiger partial charge in [-0.05, 0) is 18.1 Å². The van der Waals surface area contributed by atoms with E-state index in [2.05, 4.69) is 15.2 Å². The number of methoxy groups -OCH3 is 1. The summed E-state index contributed by atoms with van der Waals surface area (Å²) in [5.74, 6) is -0.347. The monoisotopic (exact) mass is 356 g/mol. The number of alkyl halides is 3. The summed E-state index contributed by atoms with van der Waals surface area (Å²) in [7, 11) is 1.19. The van der Waals surface area contributed by atoms with Gasteiger partial charge in [0, 0.05) is 0 Å². The molecule has 0 fully saturated rings. The van der Waals surface area contributed by atoms with Gasteiger partial charge in [-0.25, -0.2) is 4.79 Å². The molecule has 3 rings (SSSR count). The molecule has 0 aliphatic carbocycles. The Kier molecular flexibility index (Phi) is 4.67. The third-order valence-corrected chi connectivity index (χ3v) is 3.93. The quantitative estimate of drug-likeness (QED) is 0.849. The van der Waals surface area contributed by atoms with Crippen molar-refractivity contribution in [3.63, 3.8) is 0 Å². The number of fused-ring (bicyclic) bond motifs is 1. The number of nitrogens with one attached hydrogen (secondary N) is 1. The van der Waals surface area contributed by atoms with Crippen molar-refractivity contribution in [3.8, 4) is 5.75 Å². The van der Waals surface area contributed by atoms with Gasteiger partial charge in [0.2, 0.25) is 6.10 Å². The van der Waals surface area contributed by atoms with Crippen molar-refractivity contribution < 1.29 is 32.0 Å². The van der Waals surface area contributed by atoms with Crippen LogP contribution in [0.15, 0.2) is 35.0 Å². The zero-order valence-electron chi connectivity index (χ0n) is 13.2. The second-order valence-electron chi connectivity index (χ2n) is 5.53. The summed E-state index contributed by atoms with van der Waals surface area (Å²) < 4.78 is 54.7. The van der Waals surface area contributed by atoms with Crippen LogP contribution < -0.4 is 10.1 Å². The van der Waals surface area contributed by atoms with E-state index in [1.807, 2.05) is 0 Å². The molecule has 1 aromatic heterocycles. The molecule has 1 aliphatic heterocycles. The van der Waals surface area contributed by atoms with E-state index in [-0.39, 0.29) is 30.0 Å². The van der Waals surface area contributed by atoms with Crippen molar-refractivity contribution >= 4 is 5.97 Å². The molecule has 1 N–H and O–H groups in total. The fraction of sp³-hybridized carbons (Fsp3) is 0.375. The highest BCUT2D eigenvalue weighted by Gasteiger charge is 2.49. The minimum atomic E-state index is -4.54. The molecule has 25 heavy (non-hydrogen) atoms. The van der Waals surface area contributed by atoms with E-state index in [4.69, 9.17) is 9.26 Å². The van der Waals surface area contributed by atoms with E-state index in [0.29, 0.717) is 5.56 Å². The fourth-order valence-electron chi connectivity index (χ4n) is 2.72. The van der Waals surface area contributed by atoms with Crippen molar-refractivity contribution in [2.45, 2.75) is 31.3 Å². The molecule has 0 radical (unpaired) electrons. The maximum Gasteiger partial charge on any atom is 0.426 e. The smallest absolute Gasteiger partial charge is 0.426 e. The average molecular weight is 356 g/mol. The Morgan fingerprint density at radius 3 is 2.88 bits per heavy atom. The predicted octanol–water partition coefficient (Wildman–Crippen LogP) is 2.49. The van der Waals surface area contributed by atoms with Crippen molar-refractivity contribution in [3.05, 3.63) is 47.3 Å². The van der Waals surface area contributed by atoms with Gasteiger partial charge in [-0.15, -0.1) is 0 Å². The number of halogens is 3. The second-order valence-corrected chi connectivity index (χ2v) is 5.53. The molecule has 2 heterocycles. The van der Waals surface area contributed by atoms with Crippen LogP contribution in [-0.4, -0.2) is 36.6 Å². The first-order chi connectivity index (χ1) is 11.9. The number of benzene rings is 1. The van der Waals surface area contributed by atoms with Gasteiger partial charge in [0.05, 0.1) is 25.9 Å². The number of hydrogen-bond acceptors (Lipinski definition) is 6. The summed E-state index contributed by atoms with van der Waals surface area (Å²) >= 11 is 0. The zero-order valence-corrected chi connectivity index (χ0v) is 13.2. The molecule has 1 aliphatic rings. The minimum Gasteiger partial charge on any atom is -0.479 e. The first-order valence-electron chi connectivity index (χ1n) is 7.46. The molecule has 0 amide bonds. The molecule has 6 nitrogen and oxygen atoms in total. The fourth-order valence-corrected chi connectivity index (χ4v) is 2.72. The van der Waals surface area contributed by atoms with Crippen molar-refractivity contribution in [2.75, 3.05) is 7.11 Å². The van der Waals surface area contributed by atoms with Crippen LogP contribution in [0, 0.1) is 0 Å². The van der Waals surface area contributed by atoms with Gasteiger partial charge in [0.25, 0.3) is 0 Å². The number of esters is 1. The molecule has 2 atom stereocenters. The lowest BCUT2D eigenvalue weighted by Gasteiger charge is -2.35. The molecule has 0 bridgehead atoms. The van der Waals surface area contributed by atoms with Crippen molar-refractivity contribution in [1.29, 1.82) is 0 Å². The number of rotatable bonds is 4. The Labute approximate surface area is 140 Å².